The van der Waals surface area contributed by atoms with Crippen LogP contribution in [0.2, 0.25) is 0 Å². The van der Waals surface area contributed by atoms with E-state index in [-0.39, 0.29) is 0 Å². The molecule has 1 aromatic rings. The Morgan fingerprint density at radius 3 is 2.89 bits per heavy atom. The Balaban J connectivity index is 2.76. The Bertz CT molecular complexity index is 231. The van der Waals surface area contributed by atoms with Gasteiger partial charge in [-0.05, 0) is 28.1 Å². The molecule has 0 saturated carbocycles. The maximum atomic E-state index is 5.10. The molecule has 1 heterocycles. The first kappa shape index (κ1) is 6.44. The molecule has 0 atom stereocenters. The number of rotatable bonds is 1. The molecule has 0 aliphatic carbocycles. The summed E-state index contributed by atoms with van der Waals surface area (Å²) in [7, 11) is 0. The third kappa shape index (κ3) is 1.62. The quantitative estimate of drug-likeness (QED) is 0.611. The van der Waals surface area contributed by atoms with E-state index in [1.54, 1.807) is 0 Å². The Morgan fingerprint density at radius 2 is 2.44 bits per heavy atom. The second-order valence-electron chi connectivity index (χ2n) is 1.59. The fourth-order valence-electron chi connectivity index (χ4n) is 0.547. The van der Waals surface area contributed by atoms with E-state index in [2.05, 4.69) is 21.9 Å². The summed E-state index contributed by atoms with van der Waals surface area (Å²) >= 11 is 3.17. The first-order chi connectivity index (χ1) is 4.33. The van der Waals surface area contributed by atoms with Gasteiger partial charge in [-0.2, -0.15) is 0 Å². The standard InChI is InChI=1S/C7H5BrO/c1-2-3-6-4-5-7(8)9-6/h1,4-5H,3H2. The van der Waals surface area contributed by atoms with E-state index in [0.29, 0.717) is 6.42 Å². The van der Waals surface area contributed by atoms with Crippen LogP contribution in [0.25, 0.3) is 0 Å². The van der Waals surface area contributed by atoms with Crippen LogP contribution >= 0.6 is 15.9 Å². The highest BCUT2D eigenvalue weighted by atomic mass is 79.9. The zero-order valence-corrected chi connectivity index (χ0v) is 6.31. The Labute approximate surface area is 62.2 Å². The third-order valence-corrected chi connectivity index (χ3v) is 1.33. The Hall–Kier alpha value is -0.680. The Kier molecular flexibility index (Phi) is 1.96. The van der Waals surface area contributed by atoms with Gasteiger partial charge < -0.3 is 4.42 Å². The van der Waals surface area contributed by atoms with Gasteiger partial charge in [0.2, 0.25) is 0 Å². The summed E-state index contributed by atoms with van der Waals surface area (Å²) in [6.07, 6.45) is 5.61. The molecule has 0 aliphatic heterocycles. The van der Waals surface area contributed by atoms with Crippen molar-refractivity contribution in [2.45, 2.75) is 6.42 Å². The molecular weight excluding hydrogens is 180 g/mol. The summed E-state index contributed by atoms with van der Waals surface area (Å²) in [5.74, 6) is 3.31. The van der Waals surface area contributed by atoms with Crippen LogP contribution in [0.1, 0.15) is 5.76 Å². The average molecular weight is 185 g/mol. The van der Waals surface area contributed by atoms with Crippen molar-refractivity contribution in [2.24, 2.45) is 0 Å². The van der Waals surface area contributed by atoms with E-state index in [1.165, 1.54) is 0 Å². The second-order valence-corrected chi connectivity index (χ2v) is 2.37. The zero-order chi connectivity index (χ0) is 6.69. The molecule has 46 valence electrons. The van der Waals surface area contributed by atoms with Crippen LogP contribution in [0, 0.1) is 12.3 Å². The lowest BCUT2D eigenvalue weighted by molar-refractivity contribution is 0.502. The van der Waals surface area contributed by atoms with Crippen LogP contribution < -0.4 is 0 Å². The van der Waals surface area contributed by atoms with Crippen LogP contribution in [0.3, 0.4) is 0 Å². The van der Waals surface area contributed by atoms with E-state index < -0.39 is 0 Å². The molecular formula is C7H5BrO. The number of furan rings is 1. The molecule has 0 bridgehead atoms. The summed E-state index contributed by atoms with van der Waals surface area (Å²) in [5, 5.41) is 0. The van der Waals surface area contributed by atoms with E-state index >= 15 is 0 Å². The molecule has 1 aromatic heterocycles. The fraction of sp³-hybridized carbons (Fsp3) is 0.143. The summed E-state index contributed by atoms with van der Waals surface area (Å²) in [5.41, 5.74) is 0. The van der Waals surface area contributed by atoms with Crippen molar-refractivity contribution >= 4 is 15.9 Å². The molecule has 9 heavy (non-hydrogen) atoms. The SMILES string of the molecule is C#CCc1ccc(Br)o1. The van der Waals surface area contributed by atoms with Crippen molar-refractivity contribution in [1.29, 1.82) is 0 Å². The molecule has 1 rings (SSSR count). The van der Waals surface area contributed by atoms with Crippen LogP contribution in [-0.4, -0.2) is 0 Å². The van der Waals surface area contributed by atoms with Gasteiger partial charge in [-0.1, -0.05) is 5.92 Å². The fourth-order valence-corrected chi connectivity index (χ4v) is 0.887. The van der Waals surface area contributed by atoms with Crippen LogP contribution in [0.4, 0.5) is 0 Å². The molecule has 0 unspecified atom stereocenters. The predicted molar refractivity (Wildman–Crippen MR) is 38.9 cm³/mol. The van der Waals surface area contributed by atoms with E-state index in [9.17, 15) is 0 Å². The van der Waals surface area contributed by atoms with Gasteiger partial charge in [0, 0.05) is 0 Å². The summed E-state index contributed by atoms with van der Waals surface area (Å²) < 4.78 is 5.83. The van der Waals surface area contributed by atoms with Gasteiger partial charge in [0.25, 0.3) is 0 Å². The maximum Gasteiger partial charge on any atom is 0.169 e. The van der Waals surface area contributed by atoms with Crippen LogP contribution in [0.15, 0.2) is 21.2 Å². The molecule has 0 N–H and O–H groups in total. The number of terminal acetylenes is 1. The van der Waals surface area contributed by atoms with Gasteiger partial charge in [-0.3, -0.25) is 0 Å². The predicted octanol–water partition coefficient (Wildman–Crippen LogP) is 2.22. The first-order valence-corrected chi connectivity index (χ1v) is 3.30. The highest BCUT2D eigenvalue weighted by Crippen LogP contribution is 2.13. The number of halogens is 1. The highest BCUT2D eigenvalue weighted by Gasteiger charge is 1.94. The van der Waals surface area contributed by atoms with E-state index in [4.69, 9.17) is 10.8 Å². The molecule has 0 aromatic carbocycles. The monoisotopic (exact) mass is 184 g/mol. The molecule has 0 aliphatic rings. The summed E-state index contributed by atoms with van der Waals surface area (Å²) in [4.78, 5) is 0. The molecule has 0 spiro atoms. The lowest BCUT2D eigenvalue weighted by atomic mass is 10.3. The molecule has 0 fully saturated rings. The lowest BCUT2D eigenvalue weighted by Crippen LogP contribution is -1.71. The highest BCUT2D eigenvalue weighted by molar-refractivity contribution is 9.10. The van der Waals surface area contributed by atoms with Gasteiger partial charge in [-0.15, -0.1) is 6.42 Å². The molecule has 0 radical (unpaired) electrons. The largest absolute Gasteiger partial charge is 0.453 e. The summed E-state index contributed by atoms with van der Waals surface area (Å²) in [6, 6.07) is 3.68. The van der Waals surface area contributed by atoms with E-state index in [0.717, 1.165) is 10.4 Å². The van der Waals surface area contributed by atoms with Crippen LogP contribution in [0.5, 0.6) is 0 Å². The van der Waals surface area contributed by atoms with Crippen molar-refractivity contribution in [3.63, 3.8) is 0 Å². The van der Waals surface area contributed by atoms with Crippen molar-refractivity contribution < 1.29 is 4.42 Å². The first-order valence-electron chi connectivity index (χ1n) is 2.50. The van der Waals surface area contributed by atoms with Crippen LogP contribution in [-0.2, 0) is 6.42 Å². The second kappa shape index (κ2) is 2.75. The normalized spacial score (nSPS) is 8.89. The topological polar surface area (TPSA) is 13.1 Å². The minimum atomic E-state index is 0.561. The summed E-state index contributed by atoms with van der Waals surface area (Å²) in [6.45, 7) is 0. The van der Waals surface area contributed by atoms with Crippen molar-refractivity contribution in [2.75, 3.05) is 0 Å². The smallest absolute Gasteiger partial charge is 0.169 e. The van der Waals surface area contributed by atoms with E-state index in [1.807, 2.05) is 12.1 Å². The molecule has 1 nitrogen and oxygen atoms in total. The minimum Gasteiger partial charge on any atom is -0.453 e. The molecule has 0 amide bonds. The van der Waals surface area contributed by atoms with Gasteiger partial charge in [-0.25, -0.2) is 0 Å². The van der Waals surface area contributed by atoms with Crippen molar-refractivity contribution in [3.8, 4) is 12.3 Å². The van der Waals surface area contributed by atoms with Gasteiger partial charge in [0.05, 0.1) is 6.42 Å². The molecule has 0 saturated heterocycles. The van der Waals surface area contributed by atoms with Crippen molar-refractivity contribution in [3.05, 3.63) is 22.6 Å². The maximum absolute atomic E-state index is 5.10. The number of hydrogen-bond acceptors (Lipinski definition) is 1. The zero-order valence-electron chi connectivity index (χ0n) is 4.73. The van der Waals surface area contributed by atoms with Crippen molar-refractivity contribution in [1.82, 2.24) is 0 Å². The average Bonchev–Trinajstić information content (AvgIpc) is 2.17. The molecule has 2 heteroatoms. The minimum absolute atomic E-state index is 0.561. The third-order valence-electron chi connectivity index (χ3n) is 0.905. The van der Waals surface area contributed by atoms with Gasteiger partial charge in [0.1, 0.15) is 5.76 Å². The van der Waals surface area contributed by atoms with Gasteiger partial charge >= 0.3 is 0 Å². The Morgan fingerprint density at radius 1 is 1.67 bits per heavy atom. The number of hydrogen-bond donors (Lipinski definition) is 0. The van der Waals surface area contributed by atoms with Gasteiger partial charge in [0.15, 0.2) is 4.67 Å². The lowest BCUT2D eigenvalue weighted by Gasteiger charge is -1.82.